The van der Waals surface area contributed by atoms with Crippen LogP contribution in [0, 0.1) is 0 Å². The Morgan fingerprint density at radius 3 is 2.34 bits per heavy atom. The van der Waals surface area contributed by atoms with E-state index >= 15 is 0 Å². The molecule has 2 aromatic carbocycles. The Labute approximate surface area is 183 Å². The van der Waals surface area contributed by atoms with Crippen LogP contribution in [0.25, 0.3) is 0 Å². The molecule has 2 aromatic rings. The standard InChI is InChI=1S/C20H24ClN3O3S.ClH/c1-22-7-9-23(10-8-22)19-12-18(5-6-20(19)27-2)28(25,26)24-13-15-3-4-17(21)11-16(15)14-24;/h3-6,11-12H,7-10,13-14H2,1-2H3;1H. The summed E-state index contributed by atoms with van der Waals surface area (Å²) in [7, 11) is 0.0865. The highest BCUT2D eigenvalue weighted by Gasteiger charge is 2.32. The van der Waals surface area contributed by atoms with Gasteiger partial charge in [0.1, 0.15) is 5.75 Å². The topological polar surface area (TPSA) is 53.1 Å². The third kappa shape index (κ3) is 4.34. The third-order valence-electron chi connectivity index (χ3n) is 5.49. The number of ether oxygens (including phenoxy) is 1. The van der Waals surface area contributed by atoms with Crippen molar-refractivity contribution in [3.05, 3.63) is 52.5 Å². The maximum Gasteiger partial charge on any atom is 0.243 e. The van der Waals surface area contributed by atoms with Crippen LogP contribution in [0.4, 0.5) is 5.69 Å². The highest BCUT2D eigenvalue weighted by Crippen LogP contribution is 2.35. The van der Waals surface area contributed by atoms with E-state index in [1.807, 2.05) is 12.1 Å². The molecule has 0 atom stereocenters. The van der Waals surface area contributed by atoms with Gasteiger partial charge in [-0.15, -0.1) is 12.4 Å². The number of fused-ring (bicyclic) bond motifs is 1. The van der Waals surface area contributed by atoms with Crippen molar-refractivity contribution < 1.29 is 13.2 Å². The molecule has 0 unspecified atom stereocenters. The van der Waals surface area contributed by atoms with E-state index in [1.165, 1.54) is 4.31 Å². The summed E-state index contributed by atoms with van der Waals surface area (Å²) in [4.78, 5) is 4.74. The number of hydrogen-bond acceptors (Lipinski definition) is 5. The highest BCUT2D eigenvalue weighted by molar-refractivity contribution is 7.89. The lowest BCUT2D eigenvalue weighted by Gasteiger charge is -2.35. The molecule has 0 spiro atoms. The lowest BCUT2D eigenvalue weighted by Crippen LogP contribution is -2.44. The number of likely N-dealkylation sites (N-methyl/N-ethyl adjacent to an activating group) is 1. The van der Waals surface area contributed by atoms with E-state index in [9.17, 15) is 8.42 Å². The molecule has 0 amide bonds. The van der Waals surface area contributed by atoms with Gasteiger partial charge in [0.15, 0.2) is 0 Å². The molecule has 4 rings (SSSR count). The molecule has 2 aliphatic rings. The second kappa shape index (κ2) is 8.70. The molecule has 2 aliphatic heterocycles. The lowest BCUT2D eigenvalue weighted by molar-refractivity contribution is 0.311. The number of sulfonamides is 1. The fourth-order valence-corrected chi connectivity index (χ4v) is 5.39. The molecule has 0 aromatic heterocycles. The Morgan fingerprint density at radius 2 is 1.66 bits per heavy atom. The third-order valence-corrected chi connectivity index (χ3v) is 7.52. The summed E-state index contributed by atoms with van der Waals surface area (Å²) in [5.41, 5.74) is 2.79. The van der Waals surface area contributed by atoms with Gasteiger partial charge in [-0.1, -0.05) is 17.7 Å². The quantitative estimate of drug-likeness (QED) is 0.705. The maximum atomic E-state index is 13.3. The molecular formula is C20H25Cl2N3O3S. The number of benzene rings is 2. The molecule has 0 saturated carbocycles. The van der Waals surface area contributed by atoms with Gasteiger partial charge in [-0.2, -0.15) is 4.31 Å². The second-order valence-electron chi connectivity index (χ2n) is 7.31. The smallest absolute Gasteiger partial charge is 0.243 e. The van der Waals surface area contributed by atoms with Crippen molar-refractivity contribution in [3.8, 4) is 5.75 Å². The number of halogens is 2. The molecule has 0 bridgehead atoms. The molecule has 1 fully saturated rings. The number of nitrogens with zero attached hydrogens (tertiary/aromatic N) is 3. The molecule has 1 saturated heterocycles. The summed E-state index contributed by atoms with van der Waals surface area (Å²) in [6, 6.07) is 10.7. The molecule has 2 heterocycles. The van der Waals surface area contributed by atoms with Crippen molar-refractivity contribution in [2.24, 2.45) is 0 Å². The molecule has 158 valence electrons. The summed E-state index contributed by atoms with van der Waals surface area (Å²) in [6.45, 7) is 4.25. The van der Waals surface area contributed by atoms with Gasteiger partial charge in [-0.25, -0.2) is 8.42 Å². The maximum absolute atomic E-state index is 13.3. The van der Waals surface area contributed by atoms with Gasteiger partial charge < -0.3 is 14.5 Å². The Morgan fingerprint density at radius 1 is 0.966 bits per heavy atom. The van der Waals surface area contributed by atoms with Gasteiger partial charge in [0.2, 0.25) is 10.0 Å². The Kier molecular flexibility index (Phi) is 6.65. The zero-order valence-corrected chi connectivity index (χ0v) is 18.9. The van der Waals surface area contributed by atoms with Crippen molar-refractivity contribution >= 4 is 39.7 Å². The summed E-state index contributed by atoms with van der Waals surface area (Å²) in [6.07, 6.45) is 0. The van der Waals surface area contributed by atoms with Crippen molar-refractivity contribution in [2.45, 2.75) is 18.0 Å². The first-order chi connectivity index (χ1) is 13.4. The largest absolute Gasteiger partial charge is 0.495 e. The predicted octanol–water partition coefficient (Wildman–Crippen LogP) is 3.23. The second-order valence-corrected chi connectivity index (χ2v) is 9.68. The average molecular weight is 458 g/mol. The van der Waals surface area contributed by atoms with Crippen LogP contribution in [-0.2, 0) is 23.1 Å². The Balaban J connectivity index is 0.00000240. The van der Waals surface area contributed by atoms with Crippen LogP contribution in [0.5, 0.6) is 5.75 Å². The van der Waals surface area contributed by atoms with Gasteiger partial charge in [-0.3, -0.25) is 0 Å². The van der Waals surface area contributed by atoms with Gasteiger partial charge in [-0.05, 0) is 48.5 Å². The van der Waals surface area contributed by atoms with Crippen LogP contribution in [0.1, 0.15) is 11.1 Å². The van der Waals surface area contributed by atoms with Crippen LogP contribution in [0.15, 0.2) is 41.3 Å². The van der Waals surface area contributed by atoms with Crippen molar-refractivity contribution in [1.82, 2.24) is 9.21 Å². The number of anilines is 1. The van der Waals surface area contributed by atoms with Crippen LogP contribution in [0.2, 0.25) is 5.02 Å². The summed E-state index contributed by atoms with van der Waals surface area (Å²) in [5.74, 6) is 0.694. The normalized spacial score (nSPS) is 17.7. The molecule has 0 aliphatic carbocycles. The summed E-state index contributed by atoms with van der Waals surface area (Å²) in [5, 5.41) is 0.625. The van der Waals surface area contributed by atoms with E-state index in [-0.39, 0.29) is 12.4 Å². The minimum atomic E-state index is -3.62. The Hall–Kier alpha value is -1.51. The zero-order valence-electron chi connectivity index (χ0n) is 16.5. The van der Waals surface area contributed by atoms with Gasteiger partial charge in [0, 0.05) is 44.3 Å². The number of piperazine rings is 1. The number of rotatable bonds is 4. The van der Waals surface area contributed by atoms with Gasteiger partial charge >= 0.3 is 0 Å². The van der Waals surface area contributed by atoms with Crippen molar-refractivity contribution in [1.29, 1.82) is 0 Å². The molecule has 9 heteroatoms. The van der Waals surface area contributed by atoms with Crippen LogP contribution in [-0.4, -0.2) is 58.0 Å². The van der Waals surface area contributed by atoms with Gasteiger partial charge in [0.25, 0.3) is 0 Å². The summed E-state index contributed by atoms with van der Waals surface area (Å²) < 4.78 is 33.6. The van der Waals surface area contributed by atoms with E-state index in [1.54, 1.807) is 31.4 Å². The van der Waals surface area contributed by atoms with E-state index < -0.39 is 10.0 Å². The van der Waals surface area contributed by atoms with E-state index in [0.717, 1.165) is 43.0 Å². The van der Waals surface area contributed by atoms with Crippen molar-refractivity contribution in [3.63, 3.8) is 0 Å². The lowest BCUT2D eigenvalue weighted by atomic mass is 10.1. The molecular weight excluding hydrogens is 433 g/mol. The average Bonchev–Trinajstić information content (AvgIpc) is 3.12. The molecule has 0 radical (unpaired) electrons. The van der Waals surface area contributed by atoms with Crippen LogP contribution in [0.3, 0.4) is 0 Å². The minimum absolute atomic E-state index is 0. The van der Waals surface area contributed by atoms with Crippen molar-refractivity contribution in [2.75, 3.05) is 45.2 Å². The molecule has 0 N–H and O–H groups in total. The van der Waals surface area contributed by atoms with E-state index in [2.05, 4.69) is 16.8 Å². The van der Waals surface area contributed by atoms with E-state index in [0.29, 0.717) is 28.8 Å². The fourth-order valence-electron chi connectivity index (χ4n) is 3.78. The van der Waals surface area contributed by atoms with Crippen LogP contribution < -0.4 is 9.64 Å². The summed E-state index contributed by atoms with van der Waals surface area (Å²) >= 11 is 6.06. The first-order valence-corrected chi connectivity index (χ1v) is 11.1. The SMILES string of the molecule is COc1ccc(S(=O)(=O)N2Cc3ccc(Cl)cc3C2)cc1N1CCN(C)CC1.Cl. The minimum Gasteiger partial charge on any atom is -0.495 e. The predicted molar refractivity (Wildman–Crippen MR) is 118 cm³/mol. The monoisotopic (exact) mass is 457 g/mol. The first kappa shape index (κ1) is 22.2. The number of methoxy groups -OCH3 is 1. The zero-order chi connectivity index (χ0) is 19.9. The fraction of sp³-hybridized carbons (Fsp3) is 0.400. The Bertz CT molecular complexity index is 992. The number of hydrogen-bond donors (Lipinski definition) is 0. The molecule has 29 heavy (non-hydrogen) atoms. The van der Waals surface area contributed by atoms with Gasteiger partial charge in [0.05, 0.1) is 17.7 Å². The first-order valence-electron chi connectivity index (χ1n) is 9.27. The van der Waals surface area contributed by atoms with E-state index in [4.69, 9.17) is 16.3 Å². The molecule has 6 nitrogen and oxygen atoms in total. The van der Waals surface area contributed by atoms with Crippen LogP contribution >= 0.6 is 24.0 Å². The highest BCUT2D eigenvalue weighted by atomic mass is 35.5.